The maximum absolute atomic E-state index is 11.7. The molecule has 2 rings (SSSR count). The highest BCUT2D eigenvalue weighted by molar-refractivity contribution is 9.10. The third-order valence-corrected chi connectivity index (χ3v) is 3.11. The molecule has 0 radical (unpaired) electrons. The van der Waals surface area contributed by atoms with Gasteiger partial charge < -0.3 is 10.0 Å². The largest absolute Gasteiger partial charge is 0.465 e. The van der Waals surface area contributed by atoms with E-state index in [-0.39, 0.29) is 18.9 Å². The van der Waals surface area contributed by atoms with E-state index in [1.54, 1.807) is 17.0 Å². The van der Waals surface area contributed by atoms with Crippen molar-refractivity contribution in [2.24, 2.45) is 0 Å². The third-order valence-electron chi connectivity index (χ3n) is 2.67. The molecule has 1 aliphatic rings. The summed E-state index contributed by atoms with van der Waals surface area (Å²) in [5.74, 6) is 0.543. The minimum absolute atomic E-state index is 0.0557. The number of nitrogens with zero attached hydrogens (tertiary/aromatic N) is 3. The first-order valence-electron chi connectivity index (χ1n) is 5.43. The highest BCUT2D eigenvalue weighted by atomic mass is 79.9. The first-order chi connectivity index (χ1) is 8.56. The second kappa shape index (κ2) is 5.34. The Hall–Kier alpha value is -1.63. The zero-order chi connectivity index (χ0) is 13.1. The van der Waals surface area contributed by atoms with Gasteiger partial charge in [-0.15, -0.1) is 0 Å². The summed E-state index contributed by atoms with van der Waals surface area (Å²) in [6.07, 6.45) is -1.06. The van der Waals surface area contributed by atoms with Crippen molar-refractivity contribution in [3.05, 3.63) is 22.8 Å². The predicted octanol–water partition coefficient (Wildman–Crippen LogP) is 1.21. The van der Waals surface area contributed by atoms with E-state index in [1.165, 1.54) is 0 Å². The molecule has 1 saturated heterocycles. The van der Waals surface area contributed by atoms with Gasteiger partial charge in [0, 0.05) is 13.1 Å². The standard InChI is InChI=1S/C11H12BrN3O3/c12-9-2-1-3-10(13-9)14-4-5-15(11(17)18)7-8(16)6-14/h1-3H,4-7H2,(H,17,18). The molecule has 0 saturated carbocycles. The van der Waals surface area contributed by atoms with Gasteiger partial charge in [-0.25, -0.2) is 9.78 Å². The molecule has 7 heteroatoms. The van der Waals surface area contributed by atoms with Gasteiger partial charge >= 0.3 is 6.09 Å². The van der Waals surface area contributed by atoms with Crippen molar-refractivity contribution in [3.8, 4) is 0 Å². The van der Waals surface area contributed by atoms with Gasteiger partial charge in [0.2, 0.25) is 0 Å². The maximum Gasteiger partial charge on any atom is 0.407 e. The Kier molecular flexibility index (Phi) is 3.81. The van der Waals surface area contributed by atoms with Crippen LogP contribution in [0.2, 0.25) is 0 Å². The summed E-state index contributed by atoms with van der Waals surface area (Å²) in [5, 5.41) is 8.91. The average molecular weight is 314 g/mol. The molecule has 1 N–H and O–H groups in total. The van der Waals surface area contributed by atoms with Gasteiger partial charge in [-0.05, 0) is 28.1 Å². The fourth-order valence-corrected chi connectivity index (χ4v) is 2.14. The van der Waals surface area contributed by atoms with E-state index < -0.39 is 6.09 Å². The number of aromatic nitrogens is 1. The topological polar surface area (TPSA) is 73.7 Å². The summed E-state index contributed by atoms with van der Waals surface area (Å²) >= 11 is 3.27. The molecule has 1 aromatic heterocycles. The van der Waals surface area contributed by atoms with Crippen LogP contribution in [0.1, 0.15) is 0 Å². The molecular weight excluding hydrogens is 302 g/mol. The lowest BCUT2D eigenvalue weighted by Crippen LogP contribution is -2.35. The number of carbonyl (C=O) groups excluding carboxylic acids is 1. The molecule has 0 atom stereocenters. The number of carbonyl (C=O) groups is 2. The van der Waals surface area contributed by atoms with E-state index in [4.69, 9.17) is 5.11 Å². The minimum Gasteiger partial charge on any atom is -0.465 e. The maximum atomic E-state index is 11.7. The number of hydrogen-bond acceptors (Lipinski definition) is 4. The van der Waals surface area contributed by atoms with E-state index in [9.17, 15) is 9.59 Å². The van der Waals surface area contributed by atoms with Crippen molar-refractivity contribution in [2.75, 3.05) is 31.1 Å². The smallest absolute Gasteiger partial charge is 0.407 e. The van der Waals surface area contributed by atoms with Crippen molar-refractivity contribution >= 4 is 33.6 Å². The van der Waals surface area contributed by atoms with Crippen molar-refractivity contribution in [1.29, 1.82) is 0 Å². The molecule has 6 nitrogen and oxygen atoms in total. The summed E-state index contributed by atoms with van der Waals surface area (Å²) < 4.78 is 0.687. The fraction of sp³-hybridized carbons (Fsp3) is 0.364. The highest BCUT2D eigenvalue weighted by Crippen LogP contribution is 2.16. The average Bonchev–Trinajstić information content (AvgIpc) is 2.51. The van der Waals surface area contributed by atoms with Crippen molar-refractivity contribution in [3.63, 3.8) is 0 Å². The predicted molar refractivity (Wildman–Crippen MR) is 68.8 cm³/mol. The van der Waals surface area contributed by atoms with Crippen LogP contribution in [-0.4, -0.2) is 53.0 Å². The van der Waals surface area contributed by atoms with E-state index >= 15 is 0 Å². The van der Waals surface area contributed by atoms with Gasteiger partial charge in [0.15, 0.2) is 5.78 Å². The summed E-state index contributed by atoms with van der Waals surface area (Å²) in [5.41, 5.74) is 0. The monoisotopic (exact) mass is 313 g/mol. The third kappa shape index (κ3) is 2.98. The zero-order valence-corrected chi connectivity index (χ0v) is 11.1. The Bertz CT molecular complexity index is 480. The van der Waals surface area contributed by atoms with Gasteiger partial charge in [0.05, 0.1) is 13.1 Å². The molecule has 0 bridgehead atoms. The lowest BCUT2D eigenvalue weighted by Gasteiger charge is -2.20. The van der Waals surface area contributed by atoms with Crippen LogP contribution in [0.4, 0.5) is 10.6 Å². The first kappa shape index (κ1) is 12.8. The number of rotatable bonds is 1. The lowest BCUT2D eigenvalue weighted by atomic mass is 10.3. The van der Waals surface area contributed by atoms with Crippen molar-refractivity contribution in [1.82, 2.24) is 9.88 Å². The molecule has 18 heavy (non-hydrogen) atoms. The van der Waals surface area contributed by atoms with Crippen LogP contribution in [0.3, 0.4) is 0 Å². The molecule has 1 aromatic rings. The molecule has 0 spiro atoms. The fourth-order valence-electron chi connectivity index (χ4n) is 1.81. The molecule has 1 amide bonds. The van der Waals surface area contributed by atoms with Crippen molar-refractivity contribution < 1.29 is 14.7 Å². The molecule has 0 aliphatic carbocycles. The Balaban J connectivity index is 2.16. The normalized spacial score (nSPS) is 16.6. The van der Waals surface area contributed by atoms with Crippen LogP contribution in [0.15, 0.2) is 22.8 Å². The quantitative estimate of drug-likeness (QED) is 0.789. The van der Waals surface area contributed by atoms with Crippen LogP contribution in [0, 0.1) is 0 Å². The Labute approximate surface area is 112 Å². The number of anilines is 1. The number of halogens is 1. The minimum atomic E-state index is -1.06. The van der Waals surface area contributed by atoms with Gasteiger partial charge in [-0.2, -0.15) is 0 Å². The number of pyridine rings is 1. The Morgan fingerprint density at radius 3 is 2.78 bits per heavy atom. The molecule has 1 aliphatic heterocycles. The van der Waals surface area contributed by atoms with E-state index in [0.29, 0.717) is 23.5 Å². The number of Topliss-reactive ketones (excluding diaryl/α,β-unsaturated/α-hetero) is 1. The van der Waals surface area contributed by atoms with Gasteiger partial charge in [0.25, 0.3) is 0 Å². The molecule has 0 unspecified atom stereocenters. The first-order valence-corrected chi connectivity index (χ1v) is 6.22. The second-order valence-electron chi connectivity index (χ2n) is 3.98. The van der Waals surface area contributed by atoms with Gasteiger partial charge in [-0.3, -0.25) is 9.69 Å². The Morgan fingerprint density at radius 1 is 1.33 bits per heavy atom. The van der Waals surface area contributed by atoms with E-state index in [0.717, 1.165) is 4.90 Å². The SMILES string of the molecule is O=C1CN(C(=O)O)CCN(c2cccc(Br)n2)C1. The van der Waals surface area contributed by atoms with Gasteiger partial charge in [0.1, 0.15) is 10.4 Å². The van der Waals surface area contributed by atoms with Crippen LogP contribution in [0.25, 0.3) is 0 Å². The lowest BCUT2D eigenvalue weighted by molar-refractivity contribution is -0.118. The summed E-state index contributed by atoms with van der Waals surface area (Å²) in [4.78, 5) is 29.7. The van der Waals surface area contributed by atoms with Crippen LogP contribution >= 0.6 is 15.9 Å². The molecule has 2 heterocycles. The zero-order valence-electron chi connectivity index (χ0n) is 9.54. The number of ketones is 1. The summed E-state index contributed by atoms with van der Waals surface area (Å²) in [6, 6.07) is 5.43. The van der Waals surface area contributed by atoms with E-state index in [2.05, 4.69) is 20.9 Å². The number of hydrogen-bond donors (Lipinski definition) is 1. The molecular formula is C11H12BrN3O3. The van der Waals surface area contributed by atoms with E-state index in [1.807, 2.05) is 6.07 Å². The summed E-state index contributed by atoms with van der Waals surface area (Å²) in [6.45, 7) is 0.893. The summed E-state index contributed by atoms with van der Waals surface area (Å²) in [7, 11) is 0. The molecule has 96 valence electrons. The molecule has 1 fully saturated rings. The van der Waals surface area contributed by atoms with Crippen LogP contribution < -0.4 is 4.90 Å². The number of amides is 1. The van der Waals surface area contributed by atoms with Crippen LogP contribution in [0.5, 0.6) is 0 Å². The Morgan fingerprint density at radius 2 is 2.11 bits per heavy atom. The van der Waals surface area contributed by atoms with Crippen LogP contribution in [-0.2, 0) is 4.79 Å². The number of carboxylic acid groups (broad SMARTS) is 1. The second-order valence-corrected chi connectivity index (χ2v) is 4.80. The van der Waals surface area contributed by atoms with Gasteiger partial charge in [-0.1, -0.05) is 6.07 Å². The highest BCUT2D eigenvalue weighted by Gasteiger charge is 2.24. The molecule has 0 aromatic carbocycles. The van der Waals surface area contributed by atoms with Crippen molar-refractivity contribution in [2.45, 2.75) is 0 Å².